The lowest BCUT2D eigenvalue weighted by Gasteiger charge is -2.23. The van der Waals surface area contributed by atoms with E-state index in [0.29, 0.717) is 31.2 Å². The van der Waals surface area contributed by atoms with Gasteiger partial charge in [-0.05, 0) is 43.5 Å². The fraction of sp³-hybridized carbons (Fsp3) is 0.579. The summed E-state index contributed by atoms with van der Waals surface area (Å²) in [4.78, 5) is 24.5. The van der Waals surface area contributed by atoms with Crippen molar-refractivity contribution in [3.63, 3.8) is 0 Å². The van der Waals surface area contributed by atoms with Crippen LogP contribution in [0.1, 0.15) is 48.0 Å². The zero-order valence-electron chi connectivity index (χ0n) is 15.2. The Labute approximate surface area is 160 Å². The lowest BCUT2D eigenvalue weighted by molar-refractivity contribution is -0.117. The largest absolute Gasteiger partial charge is 0.378 e. The van der Waals surface area contributed by atoms with E-state index in [1.54, 1.807) is 6.07 Å². The highest BCUT2D eigenvalue weighted by Crippen LogP contribution is 2.20. The first-order valence-corrected chi connectivity index (χ1v) is 9.14. The molecular formula is C19H28ClN3O3. The van der Waals surface area contributed by atoms with Crippen LogP contribution in [0.4, 0.5) is 5.69 Å². The first-order chi connectivity index (χ1) is 12.1. The first-order valence-electron chi connectivity index (χ1n) is 9.14. The lowest BCUT2D eigenvalue weighted by Crippen LogP contribution is -2.43. The zero-order valence-corrected chi connectivity index (χ0v) is 16.0. The Morgan fingerprint density at radius 2 is 2.04 bits per heavy atom. The van der Waals surface area contributed by atoms with Gasteiger partial charge in [0.15, 0.2) is 0 Å². The van der Waals surface area contributed by atoms with E-state index in [9.17, 15) is 9.59 Å². The Kier molecular flexibility index (Phi) is 7.87. The molecule has 0 spiro atoms. The summed E-state index contributed by atoms with van der Waals surface area (Å²) in [6.07, 6.45) is 4.89. The van der Waals surface area contributed by atoms with Crippen LogP contribution in [0.5, 0.6) is 0 Å². The number of morpholine rings is 1. The van der Waals surface area contributed by atoms with Gasteiger partial charge in [-0.15, -0.1) is 12.4 Å². The molecule has 2 aliphatic rings. The molecule has 1 saturated carbocycles. The quantitative estimate of drug-likeness (QED) is 0.731. The highest BCUT2D eigenvalue weighted by Gasteiger charge is 2.19. The predicted octanol–water partition coefficient (Wildman–Crippen LogP) is 2.41. The molecule has 0 radical (unpaired) electrons. The third kappa shape index (κ3) is 5.69. The summed E-state index contributed by atoms with van der Waals surface area (Å²) < 4.78 is 5.37. The van der Waals surface area contributed by atoms with E-state index >= 15 is 0 Å². The zero-order chi connectivity index (χ0) is 17.6. The number of carbonyl (C=O) groups is 2. The second kappa shape index (κ2) is 9.90. The van der Waals surface area contributed by atoms with Crippen LogP contribution in [-0.4, -0.2) is 43.7 Å². The average Bonchev–Trinajstić information content (AvgIpc) is 3.10. The number of hydrogen-bond acceptors (Lipinski definition) is 4. The van der Waals surface area contributed by atoms with Gasteiger partial charge in [0.2, 0.25) is 5.91 Å². The molecule has 1 unspecified atom stereocenters. The highest BCUT2D eigenvalue weighted by molar-refractivity contribution is 5.96. The predicted molar refractivity (Wildman–Crippen MR) is 104 cm³/mol. The fourth-order valence-corrected chi connectivity index (χ4v) is 3.46. The standard InChI is InChI=1S/C19H27N3O3.ClH/c1-13-10-14(19(24)21-15-4-2-3-5-15)6-7-17(13)22-18(23)11-16-12-25-9-8-20-16;/h6-7,10,15-16,20H,2-5,8-9,11-12H2,1H3,(H,21,24)(H,22,23);1H. The van der Waals surface area contributed by atoms with Crippen molar-refractivity contribution in [2.24, 2.45) is 0 Å². The van der Waals surface area contributed by atoms with Gasteiger partial charge in [-0.1, -0.05) is 12.8 Å². The number of benzene rings is 1. The van der Waals surface area contributed by atoms with Crippen molar-refractivity contribution in [1.82, 2.24) is 10.6 Å². The van der Waals surface area contributed by atoms with Gasteiger partial charge in [-0.25, -0.2) is 0 Å². The van der Waals surface area contributed by atoms with Crippen molar-refractivity contribution in [3.8, 4) is 0 Å². The number of nitrogens with one attached hydrogen (secondary N) is 3. The fourth-order valence-electron chi connectivity index (χ4n) is 3.46. The smallest absolute Gasteiger partial charge is 0.251 e. The summed E-state index contributed by atoms with van der Waals surface area (Å²) in [5.41, 5.74) is 2.28. The van der Waals surface area contributed by atoms with Crippen LogP contribution in [0.25, 0.3) is 0 Å². The minimum atomic E-state index is -0.0470. The van der Waals surface area contributed by atoms with Crippen molar-refractivity contribution in [3.05, 3.63) is 29.3 Å². The number of carbonyl (C=O) groups excluding carboxylic acids is 2. The maximum Gasteiger partial charge on any atom is 0.251 e. The van der Waals surface area contributed by atoms with E-state index in [4.69, 9.17) is 4.74 Å². The van der Waals surface area contributed by atoms with E-state index in [2.05, 4.69) is 16.0 Å². The average molecular weight is 382 g/mol. The van der Waals surface area contributed by atoms with Crippen molar-refractivity contribution < 1.29 is 14.3 Å². The Hall–Kier alpha value is -1.63. The van der Waals surface area contributed by atoms with Gasteiger partial charge in [0, 0.05) is 36.3 Å². The molecule has 7 heteroatoms. The second-order valence-corrected chi connectivity index (χ2v) is 6.96. The molecule has 1 aliphatic heterocycles. The summed E-state index contributed by atoms with van der Waals surface area (Å²) in [6.45, 7) is 3.94. The van der Waals surface area contributed by atoms with Crippen molar-refractivity contribution in [2.75, 3.05) is 25.1 Å². The van der Waals surface area contributed by atoms with E-state index in [1.807, 2.05) is 19.1 Å². The van der Waals surface area contributed by atoms with Crippen LogP contribution in [0, 0.1) is 6.92 Å². The topological polar surface area (TPSA) is 79.5 Å². The minimum absolute atomic E-state index is 0. The van der Waals surface area contributed by atoms with Crippen LogP contribution in [0.2, 0.25) is 0 Å². The molecule has 6 nitrogen and oxygen atoms in total. The summed E-state index contributed by atoms with van der Waals surface area (Å²) in [5, 5.41) is 9.29. The Morgan fingerprint density at radius 1 is 1.27 bits per heavy atom. The SMILES string of the molecule is Cc1cc(C(=O)NC2CCCC2)ccc1NC(=O)CC1COCCN1.Cl. The van der Waals surface area contributed by atoms with E-state index < -0.39 is 0 Å². The van der Waals surface area contributed by atoms with E-state index in [0.717, 1.165) is 30.6 Å². The molecule has 1 aliphatic carbocycles. The monoisotopic (exact) mass is 381 g/mol. The van der Waals surface area contributed by atoms with Crippen LogP contribution < -0.4 is 16.0 Å². The molecule has 1 aromatic rings. The molecule has 3 N–H and O–H groups in total. The van der Waals surface area contributed by atoms with Gasteiger partial charge >= 0.3 is 0 Å². The highest BCUT2D eigenvalue weighted by atomic mass is 35.5. The third-order valence-corrected chi connectivity index (χ3v) is 4.88. The third-order valence-electron chi connectivity index (χ3n) is 4.88. The molecule has 3 rings (SSSR count). The van der Waals surface area contributed by atoms with Gasteiger partial charge in [0.25, 0.3) is 5.91 Å². The normalized spacial score (nSPS) is 20.3. The van der Waals surface area contributed by atoms with E-state index in [-0.39, 0.29) is 30.3 Å². The lowest BCUT2D eigenvalue weighted by atomic mass is 10.1. The van der Waals surface area contributed by atoms with Crippen LogP contribution in [0.15, 0.2) is 18.2 Å². The molecule has 0 bridgehead atoms. The van der Waals surface area contributed by atoms with Crippen molar-refractivity contribution in [2.45, 2.75) is 51.1 Å². The number of hydrogen-bond donors (Lipinski definition) is 3. The molecule has 1 atom stereocenters. The number of ether oxygens (including phenoxy) is 1. The molecule has 0 aromatic heterocycles. The number of aryl methyl sites for hydroxylation is 1. The molecule has 2 fully saturated rings. The second-order valence-electron chi connectivity index (χ2n) is 6.96. The number of halogens is 1. The van der Waals surface area contributed by atoms with Gasteiger partial charge in [-0.2, -0.15) is 0 Å². The minimum Gasteiger partial charge on any atom is -0.378 e. The molecule has 2 amide bonds. The number of amides is 2. The first kappa shape index (κ1) is 20.7. The number of rotatable bonds is 5. The van der Waals surface area contributed by atoms with Crippen molar-refractivity contribution in [1.29, 1.82) is 0 Å². The molecule has 26 heavy (non-hydrogen) atoms. The Bertz CT molecular complexity index is 626. The van der Waals surface area contributed by atoms with Crippen LogP contribution >= 0.6 is 12.4 Å². The van der Waals surface area contributed by atoms with Crippen LogP contribution in [0.3, 0.4) is 0 Å². The summed E-state index contributed by atoms with van der Waals surface area (Å²) >= 11 is 0. The van der Waals surface area contributed by atoms with Gasteiger partial charge in [-0.3, -0.25) is 9.59 Å². The van der Waals surface area contributed by atoms with Gasteiger partial charge < -0.3 is 20.7 Å². The molecule has 1 aromatic carbocycles. The number of anilines is 1. The summed E-state index contributed by atoms with van der Waals surface area (Å²) in [7, 11) is 0. The molecule has 1 heterocycles. The maximum absolute atomic E-state index is 12.3. The maximum atomic E-state index is 12.3. The summed E-state index contributed by atoms with van der Waals surface area (Å²) in [5.74, 6) is -0.0781. The van der Waals surface area contributed by atoms with Gasteiger partial charge in [0.1, 0.15) is 0 Å². The van der Waals surface area contributed by atoms with E-state index in [1.165, 1.54) is 12.8 Å². The summed E-state index contributed by atoms with van der Waals surface area (Å²) in [6, 6.07) is 5.78. The Balaban J connectivity index is 0.00000243. The van der Waals surface area contributed by atoms with Gasteiger partial charge in [0.05, 0.1) is 13.2 Å². The van der Waals surface area contributed by atoms with Crippen LogP contribution in [-0.2, 0) is 9.53 Å². The molecule has 144 valence electrons. The Morgan fingerprint density at radius 3 is 2.69 bits per heavy atom. The molecular weight excluding hydrogens is 354 g/mol. The van der Waals surface area contributed by atoms with Crippen molar-refractivity contribution >= 4 is 29.9 Å². The molecule has 1 saturated heterocycles.